The van der Waals surface area contributed by atoms with Crippen LogP contribution in [0.3, 0.4) is 0 Å². The fourth-order valence-electron chi connectivity index (χ4n) is 3.66. The van der Waals surface area contributed by atoms with Crippen molar-refractivity contribution in [1.82, 2.24) is 5.48 Å². The third kappa shape index (κ3) is 6.00. The Morgan fingerprint density at radius 3 is 2.69 bits per heavy atom. The highest BCUT2D eigenvalue weighted by Crippen LogP contribution is 2.37. The van der Waals surface area contributed by atoms with Crippen molar-refractivity contribution in [2.24, 2.45) is 5.92 Å². The van der Waals surface area contributed by atoms with Gasteiger partial charge in [-0.2, -0.15) is 0 Å². The lowest BCUT2D eigenvalue weighted by Crippen LogP contribution is -2.26. The van der Waals surface area contributed by atoms with Crippen LogP contribution in [0.15, 0.2) is 60.7 Å². The molecule has 1 fully saturated rings. The van der Waals surface area contributed by atoms with E-state index in [1.54, 1.807) is 30.3 Å². The molecule has 0 bridgehead atoms. The molecule has 11 heteroatoms. The smallest absolute Gasteiger partial charge is 0.296 e. The third-order valence-electron chi connectivity index (χ3n) is 5.64. The monoisotopic (exact) mass is 610 g/mol. The quantitative estimate of drug-likeness (QED) is 0.177. The zero-order valence-electron chi connectivity index (χ0n) is 18.5. The van der Waals surface area contributed by atoms with E-state index in [0.29, 0.717) is 10.7 Å². The van der Waals surface area contributed by atoms with E-state index in [9.17, 15) is 19.3 Å². The molecule has 35 heavy (non-hydrogen) atoms. The molecule has 0 aromatic heterocycles. The van der Waals surface area contributed by atoms with Crippen molar-refractivity contribution in [2.75, 3.05) is 23.9 Å². The lowest BCUT2D eigenvalue weighted by Gasteiger charge is -2.20. The van der Waals surface area contributed by atoms with Gasteiger partial charge in [0, 0.05) is 34.3 Å². The molecule has 1 aliphatic carbocycles. The van der Waals surface area contributed by atoms with Gasteiger partial charge in [0.15, 0.2) is 11.5 Å². The molecular weight excluding hydrogens is 590 g/mol. The lowest BCUT2D eigenvalue weighted by molar-refractivity contribution is -0.384. The number of carbonyl (C=O) groups is 1. The maximum atomic E-state index is 15.0. The maximum Gasteiger partial charge on any atom is 0.296 e. The first kappa shape index (κ1) is 25.1. The summed E-state index contributed by atoms with van der Waals surface area (Å²) in [6, 6.07) is 16.5. The van der Waals surface area contributed by atoms with E-state index in [1.165, 1.54) is 11.9 Å². The first-order valence-corrected chi connectivity index (χ1v) is 12.1. The molecule has 0 heterocycles. The van der Waals surface area contributed by atoms with Crippen LogP contribution in [0.2, 0.25) is 5.02 Å². The van der Waals surface area contributed by atoms with Gasteiger partial charge in [-0.1, -0.05) is 29.8 Å². The molecule has 2 unspecified atom stereocenters. The number of carbonyl (C=O) groups excluding carboxylic acids is 1. The van der Waals surface area contributed by atoms with Gasteiger partial charge >= 0.3 is 0 Å². The number of hydrogen-bond acceptors (Lipinski definition) is 6. The lowest BCUT2D eigenvalue weighted by atomic mass is 10.1. The second-order valence-electron chi connectivity index (χ2n) is 8.09. The number of hydroxylamine groups is 1. The number of nitrogens with zero attached hydrogens (tertiary/aromatic N) is 2. The van der Waals surface area contributed by atoms with Crippen molar-refractivity contribution < 1.29 is 18.9 Å². The molecule has 1 aliphatic rings. The minimum Gasteiger partial charge on any atom is -0.381 e. The maximum absolute atomic E-state index is 15.0. The second-order valence-corrected chi connectivity index (χ2v) is 9.74. The average Bonchev–Trinajstić information content (AvgIpc) is 3.58. The molecule has 0 aliphatic heterocycles. The Kier molecular flexibility index (Phi) is 7.72. The van der Waals surface area contributed by atoms with Gasteiger partial charge in [-0.15, -0.1) is 0 Å². The molecule has 2 atom stereocenters. The van der Waals surface area contributed by atoms with Crippen LogP contribution in [-0.2, 0) is 4.84 Å². The highest BCUT2D eigenvalue weighted by atomic mass is 127. The summed E-state index contributed by atoms with van der Waals surface area (Å²) in [5, 5.41) is 15.6. The van der Waals surface area contributed by atoms with Gasteiger partial charge in [0.25, 0.3) is 11.6 Å². The molecule has 2 N–H and O–H groups in total. The SMILES string of the molecule is CN(c1ccccc1)c1c(F)cc(C(=O)NOCC2CC2Nc2ccc(I)cc2Cl)cc1[N+](=O)[O-]. The number of anilines is 3. The molecule has 0 saturated heterocycles. The Morgan fingerprint density at radius 1 is 1.26 bits per heavy atom. The fourth-order valence-corrected chi connectivity index (χ4v) is 4.57. The van der Waals surface area contributed by atoms with Crippen LogP contribution in [0.1, 0.15) is 16.8 Å². The summed E-state index contributed by atoms with van der Waals surface area (Å²) in [6.07, 6.45) is 0.832. The van der Waals surface area contributed by atoms with Crippen molar-refractivity contribution in [2.45, 2.75) is 12.5 Å². The number of rotatable bonds is 9. The van der Waals surface area contributed by atoms with Crippen LogP contribution in [0.5, 0.6) is 0 Å². The number of benzene rings is 3. The van der Waals surface area contributed by atoms with Crippen molar-refractivity contribution in [3.63, 3.8) is 0 Å². The van der Waals surface area contributed by atoms with Crippen LogP contribution in [0.25, 0.3) is 0 Å². The molecule has 3 aromatic rings. The third-order valence-corrected chi connectivity index (χ3v) is 6.62. The number of amides is 1. The van der Waals surface area contributed by atoms with Crippen molar-refractivity contribution in [3.8, 4) is 0 Å². The molecule has 4 rings (SSSR count). The Labute approximate surface area is 219 Å². The van der Waals surface area contributed by atoms with Gasteiger partial charge < -0.3 is 10.2 Å². The summed E-state index contributed by atoms with van der Waals surface area (Å²) in [5.41, 5.74) is 2.67. The summed E-state index contributed by atoms with van der Waals surface area (Å²) < 4.78 is 16.0. The zero-order chi connectivity index (χ0) is 25.1. The van der Waals surface area contributed by atoms with Crippen LogP contribution in [-0.4, -0.2) is 30.5 Å². The normalized spacial score (nSPS) is 16.5. The van der Waals surface area contributed by atoms with Crippen LogP contribution >= 0.6 is 34.2 Å². The van der Waals surface area contributed by atoms with Crippen LogP contribution in [0.4, 0.5) is 27.1 Å². The highest BCUT2D eigenvalue weighted by molar-refractivity contribution is 14.1. The summed E-state index contributed by atoms with van der Waals surface area (Å²) in [7, 11) is 1.52. The molecule has 1 saturated carbocycles. The topological polar surface area (TPSA) is 96.7 Å². The van der Waals surface area contributed by atoms with Crippen molar-refractivity contribution in [3.05, 3.63) is 90.8 Å². The zero-order valence-corrected chi connectivity index (χ0v) is 21.4. The second kappa shape index (κ2) is 10.8. The van der Waals surface area contributed by atoms with Gasteiger partial charge in [-0.3, -0.25) is 19.7 Å². The number of para-hydroxylation sites is 1. The molecule has 0 spiro atoms. The van der Waals surface area contributed by atoms with E-state index in [2.05, 4.69) is 33.4 Å². The van der Waals surface area contributed by atoms with E-state index in [1.807, 2.05) is 18.2 Å². The number of nitrogens with one attached hydrogen (secondary N) is 2. The predicted octanol–water partition coefficient (Wildman–Crippen LogP) is 5.92. The summed E-state index contributed by atoms with van der Waals surface area (Å²) in [4.78, 5) is 30.1. The first-order valence-electron chi connectivity index (χ1n) is 10.6. The van der Waals surface area contributed by atoms with Crippen molar-refractivity contribution in [1.29, 1.82) is 0 Å². The van der Waals surface area contributed by atoms with E-state index in [-0.39, 0.29) is 29.8 Å². The Hall–Kier alpha value is -2.96. The minimum absolute atomic E-state index is 0.149. The minimum atomic E-state index is -0.892. The standard InChI is InChI=1S/C24H21ClFIN4O4/c1-30(17-5-3-2-4-6-17)23-19(26)9-14(11-22(23)31(33)34)24(32)29-35-13-15-10-21(15)28-20-8-7-16(27)12-18(20)25/h2-9,11-12,15,21,28H,10,13H2,1H3,(H,29,32). The Morgan fingerprint density at radius 2 is 2.00 bits per heavy atom. The summed E-state index contributed by atoms with van der Waals surface area (Å²) in [5.74, 6) is -1.51. The van der Waals surface area contributed by atoms with Crippen LogP contribution < -0.4 is 15.7 Å². The largest absolute Gasteiger partial charge is 0.381 e. The Balaban J connectivity index is 1.37. The molecule has 0 radical (unpaired) electrons. The van der Waals surface area contributed by atoms with Crippen LogP contribution in [0, 0.1) is 25.4 Å². The predicted molar refractivity (Wildman–Crippen MR) is 141 cm³/mol. The number of halogens is 3. The fraction of sp³-hybridized carbons (Fsp3) is 0.208. The van der Waals surface area contributed by atoms with Gasteiger partial charge in [0.2, 0.25) is 0 Å². The molecule has 8 nitrogen and oxygen atoms in total. The van der Waals surface area contributed by atoms with E-state index in [0.717, 1.165) is 27.8 Å². The summed E-state index contributed by atoms with van der Waals surface area (Å²) >= 11 is 8.42. The summed E-state index contributed by atoms with van der Waals surface area (Å²) in [6.45, 7) is 0.227. The van der Waals surface area contributed by atoms with Gasteiger partial charge in [0.05, 0.1) is 27.8 Å². The van der Waals surface area contributed by atoms with E-state index < -0.39 is 22.3 Å². The van der Waals surface area contributed by atoms with Gasteiger partial charge in [0.1, 0.15) is 0 Å². The molecular formula is C24H21ClFIN4O4. The van der Waals surface area contributed by atoms with E-state index in [4.69, 9.17) is 16.4 Å². The molecule has 182 valence electrons. The van der Waals surface area contributed by atoms with E-state index >= 15 is 0 Å². The average molecular weight is 611 g/mol. The molecule has 1 amide bonds. The molecule has 3 aromatic carbocycles. The van der Waals surface area contributed by atoms with Gasteiger partial charge in [-0.25, -0.2) is 9.87 Å². The van der Waals surface area contributed by atoms with Gasteiger partial charge in [-0.05, 0) is 65.4 Å². The highest BCUT2D eigenvalue weighted by Gasteiger charge is 2.38. The first-order chi connectivity index (χ1) is 16.7. The number of nitro groups is 1. The Bertz CT molecular complexity index is 1260. The van der Waals surface area contributed by atoms with Crippen molar-refractivity contribution >= 4 is 62.8 Å². The number of nitro benzene ring substituents is 1. The number of hydrogen-bond donors (Lipinski definition) is 2.